The van der Waals surface area contributed by atoms with Gasteiger partial charge in [-0.2, -0.15) is 5.10 Å². The molecule has 1 aromatic carbocycles. The molecule has 0 unspecified atom stereocenters. The van der Waals surface area contributed by atoms with E-state index in [0.717, 1.165) is 10.0 Å². The van der Waals surface area contributed by atoms with E-state index in [1.165, 1.54) is 6.21 Å². The highest BCUT2D eigenvalue weighted by Gasteiger charge is 1.99. The molecule has 4 amide bonds. The number of nitrogens with zero attached hydrogens (tertiary/aromatic N) is 1. The Hall–Kier alpha value is -1.89. The Morgan fingerprint density at radius 1 is 1.31 bits per heavy atom. The molecular formula is C9H9BrN4O2. The third-order valence-electron chi connectivity index (χ3n) is 1.49. The van der Waals surface area contributed by atoms with Gasteiger partial charge in [0.15, 0.2) is 0 Å². The summed E-state index contributed by atoms with van der Waals surface area (Å²) in [5.74, 6) is 0. The lowest BCUT2D eigenvalue weighted by Gasteiger charge is -1.98. The van der Waals surface area contributed by atoms with Crippen LogP contribution < -0.4 is 16.5 Å². The van der Waals surface area contributed by atoms with Crippen molar-refractivity contribution in [3.8, 4) is 0 Å². The number of hydrogen-bond acceptors (Lipinski definition) is 3. The van der Waals surface area contributed by atoms with Gasteiger partial charge in [0.2, 0.25) is 0 Å². The van der Waals surface area contributed by atoms with Crippen molar-refractivity contribution in [3.05, 3.63) is 34.3 Å². The van der Waals surface area contributed by atoms with Crippen LogP contribution in [0.1, 0.15) is 5.56 Å². The average Bonchev–Trinajstić information content (AvgIpc) is 2.20. The van der Waals surface area contributed by atoms with E-state index in [2.05, 4.69) is 26.5 Å². The van der Waals surface area contributed by atoms with E-state index in [9.17, 15) is 9.59 Å². The summed E-state index contributed by atoms with van der Waals surface area (Å²) in [6.45, 7) is 0. The summed E-state index contributed by atoms with van der Waals surface area (Å²) in [5.41, 5.74) is 7.62. The summed E-state index contributed by atoms with van der Waals surface area (Å²) in [4.78, 5) is 21.1. The van der Waals surface area contributed by atoms with Crippen molar-refractivity contribution >= 4 is 34.2 Å². The molecule has 0 aliphatic heterocycles. The molecule has 0 saturated carbocycles. The van der Waals surface area contributed by atoms with Crippen LogP contribution in [-0.4, -0.2) is 18.3 Å². The molecular weight excluding hydrogens is 276 g/mol. The highest BCUT2D eigenvalue weighted by Crippen LogP contribution is 2.08. The van der Waals surface area contributed by atoms with Gasteiger partial charge in [0.05, 0.1) is 6.21 Å². The van der Waals surface area contributed by atoms with Crippen LogP contribution >= 0.6 is 15.9 Å². The van der Waals surface area contributed by atoms with Crippen LogP contribution in [0.5, 0.6) is 0 Å². The molecule has 0 aliphatic carbocycles. The lowest BCUT2D eigenvalue weighted by Crippen LogP contribution is -2.40. The summed E-state index contributed by atoms with van der Waals surface area (Å²) < 4.78 is 0.948. The molecule has 0 atom stereocenters. The van der Waals surface area contributed by atoms with Crippen molar-refractivity contribution in [3.63, 3.8) is 0 Å². The van der Waals surface area contributed by atoms with Crippen LogP contribution in [0.3, 0.4) is 0 Å². The smallest absolute Gasteiger partial charge is 0.343 e. The van der Waals surface area contributed by atoms with Crippen molar-refractivity contribution in [1.82, 2.24) is 10.7 Å². The maximum absolute atomic E-state index is 10.9. The number of imide groups is 1. The first-order valence-electron chi connectivity index (χ1n) is 4.23. The maximum atomic E-state index is 10.9. The van der Waals surface area contributed by atoms with Crippen molar-refractivity contribution in [2.24, 2.45) is 10.8 Å². The zero-order valence-electron chi connectivity index (χ0n) is 8.11. The summed E-state index contributed by atoms with van der Waals surface area (Å²) in [6.07, 6.45) is 1.44. The molecule has 0 saturated heterocycles. The van der Waals surface area contributed by atoms with E-state index in [1.54, 1.807) is 17.4 Å². The lowest BCUT2D eigenvalue weighted by atomic mass is 10.2. The van der Waals surface area contributed by atoms with Gasteiger partial charge >= 0.3 is 12.1 Å². The van der Waals surface area contributed by atoms with E-state index >= 15 is 0 Å². The second-order valence-electron chi connectivity index (χ2n) is 2.74. The van der Waals surface area contributed by atoms with Crippen molar-refractivity contribution in [2.45, 2.75) is 0 Å². The number of hydrazone groups is 1. The molecule has 16 heavy (non-hydrogen) atoms. The van der Waals surface area contributed by atoms with Crippen LogP contribution in [0.25, 0.3) is 0 Å². The number of urea groups is 2. The molecule has 6 nitrogen and oxygen atoms in total. The van der Waals surface area contributed by atoms with Gasteiger partial charge in [-0.05, 0) is 17.7 Å². The van der Waals surface area contributed by atoms with Crippen molar-refractivity contribution in [1.29, 1.82) is 0 Å². The van der Waals surface area contributed by atoms with E-state index in [0.29, 0.717) is 0 Å². The van der Waals surface area contributed by atoms with Gasteiger partial charge in [0.1, 0.15) is 0 Å². The van der Waals surface area contributed by atoms with Gasteiger partial charge in [-0.3, -0.25) is 5.32 Å². The summed E-state index contributed by atoms with van der Waals surface area (Å²) in [5, 5.41) is 5.42. The van der Waals surface area contributed by atoms with Gasteiger partial charge < -0.3 is 5.73 Å². The fourth-order valence-corrected chi connectivity index (χ4v) is 1.12. The number of carbonyl (C=O) groups excluding carboxylic acids is 2. The number of hydrogen-bond donors (Lipinski definition) is 3. The van der Waals surface area contributed by atoms with E-state index < -0.39 is 12.1 Å². The average molecular weight is 285 g/mol. The number of benzene rings is 1. The highest BCUT2D eigenvalue weighted by molar-refractivity contribution is 9.10. The Labute approximate surface area is 100 Å². The van der Waals surface area contributed by atoms with E-state index in [-0.39, 0.29) is 0 Å². The molecule has 1 rings (SSSR count). The summed E-state index contributed by atoms with van der Waals surface area (Å²) in [6, 6.07) is 5.58. The zero-order valence-corrected chi connectivity index (χ0v) is 9.69. The van der Waals surface area contributed by atoms with Gasteiger partial charge in [0, 0.05) is 4.47 Å². The van der Waals surface area contributed by atoms with E-state index in [1.807, 2.05) is 12.1 Å². The second kappa shape index (κ2) is 5.86. The third-order valence-corrected chi connectivity index (χ3v) is 2.02. The van der Waals surface area contributed by atoms with Crippen LogP contribution in [0, 0.1) is 0 Å². The minimum absolute atomic E-state index is 0.777. The first-order chi connectivity index (χ1) is 7.58. The Kier molecular flexibility index (Phi) is 4.46. The Balaban J connectivity index is 2.45. The van der Waals surface area contributed by atoms with Gasteiger partial charge in [-0.25, -0.2) is 15.0 Å². The Morgan fingerprint density at radius 2 is 1.94 bits per heavy atom. The lowest BCUT2D eigenvalue weighted by molar-refractivity contribution is 0.232. The molecule has 0 aliphatic rings. The van der Waals surface area contributed by atoms with Gasteiger partial charge in [-0.15, -0.1) is 0 Å². The third kappa shape index (κ3) is 4.56. The summed E-state index contributed by atoms with van der Waals surface area (Å²) >= 11 is 3.29. The number of halogens is 1. The molecule has 0 fully saturated rings. The Morgan fingerprint density at radius 3 is 2.50 bits per heavy atom. The fraction of sp³-hybridized carbons (Fsp3) is 0. The Bertz CT molecular complexity index is 416. The van der Waals surface area contributed by atoms with Crippen LogP contribution in [-0.2, 0) is 0 Å². The number of carbonyl (C=O) groups is 2. The van der Waals surface area contributed by atoms with Crippen molar-refractivity contribution < 1.29 is 9.59 Å². The van der Waals surface area contributed by atoms with Crippen LogP contribution in [0.2, 0.25) is 0 Å². The van der Waals surface area contributed by atoms with E-state index in [4.69, 9.17) is 5.73 Å². The first kappa shape index (κ1) is 12.2. The fourth-order valence-electron chi connectivity index (χ4n) is 0.854. The predicted molar refractivity (Wildman–Crippen MR) is 63.0 cm³/mol. The first-order valence-corrected chi connectivity index (χ1v) is 5.02. The van der Waals surface area contributed by atoms with Crippen LogP contribution in [0.15, 0.2) is 33.8 Å². The molecule has 4 N–H and O–H groups in total. The van der Waals surface area contributed by atoms with Gasteiger partial charge in [0.25, 0.3) is 0 Å². The molecule has 1 aromatic rings. The number of amides is 4. The molecule has 0 radical (unpaired) electrons. The largest absolute Gasteiger partial charge is 0.351 e. The second-order valence-corrected chi connectivity index (χ2v) is 3.66. The molecule has 0 spiro atoms. The highest BCUT2D eigenvalue weighted by atomic mass is 79.9. The number of primary amides is 1. The molecule has 0 bridgehead atoms. The molecule has 84 valence electrons. The minimum Gasteiger partial charge on any atom is -0.351 e. The number of nitrogens with two attached hydrogens (primary N) is 1. The SMILES string of the molecule is NC(=O)NC(=O)N/N=C\c1ccc(Br)cc1. The zero-order chi connectivity index (χ0) is 12.0. The van der Waals surface area contributed by atoms with Crippen molar-refractivity contribution in [2.75, 3.05) is 0 Å². The molecule has 7 heteroatoms. The monoisotopic (exact) mass is 284 g/mol. The van der Waals surface area contributed by atoms with Gasteiger partial charge in [-0.1, -0.05) is 28.1 Å². The normalized spacial score (nSPS) is 10.1. The topological polar surface area (TPSA) is 96.6 Å². The number of nitrogens with one attached hydrogen (secondary N) is 2. The number of rotatable bonds is 2. The molecule has 0 heterocycles. The summed E-state index contributed by atoms with van der Waals surface area (Å²) in [7, 11) is 0. The predicted octanol–water partition coefficient (Wildman–Crippen LogP) is 1.16. The molecule has 0 aromatic heterocycles. The quantitative estimate of drug-likeness (QED) is 0.561. The maximum Gasteiger partial charge on any atom is 0.343 e. The standard InChI is InChI=1S/C9H9BrN4O2/c10-7-3-1-6(2-4-7)5-12-14-9(16)13-8(11)15/h1-5H,(H4,11,13,14,15,16)/b12-5-. The van der Waals surface area contributed by atoms with Crippen LogP contribution in [0.4, 0.5) is 9.59 Å². The minimum atomic E-state index is -0.934.